The summed E-state index contributed by atoms with van der Waals surface area (Å²) in [5.74, 6) is -0.275. The molecule has 35 heavy (non-hydrogen) atoms. The number of nitrogens with zero attached hydrogens (tertiary/aromatic N) is 1. The van der Waals surface area contributed by atoms with Crippen molar-refractivity contribution in [3.63, 3.8) is 0 Å². The fourth-order valence-electron chi connectivity index (χ4n) is 4.12. The molecule has 1 fully saturated rings. The van der Waals surface area contributed by atoms with E-state index in [4.69, 9.17) is 0 Å². The molecule has 1 saturated carbocycles. The number of amides is 3. The Bertz CT molecular complexity index is 1320. The third kappa shape index (κ3) is 5.12. The van der Waals surface area contributed by atoms with Crippen molar-refractivity contribution >= 4 is 23.3 Å². The van der Waals surface area contributed by atoms with Crippen molar-refractivity contribution in [3.05, 3.63) is 81.8 Å². The van der Waals surface area contributed by atoms with Crippen molar-refractivity contribution in [1.29, 1.82) is 0 Å². The van der Waals surface area contributed by atoms with E-state index in [9.17, 15) is 19.5 Å². The summed E-state index contributed by atoms with van der Waals surface area (Å²) in [7, 11) is 1.59. The molecule has 8 nitrogen and oxygen atoms in total. The molecule has 2 aromatic carbocycles. The van der Waals surface area contributed by atoms with Gasteiger partial charge in [0.1, 0.15) is 5.69 Å². The molecule has 1 heterocycles. The highest BCUT2D eigenvalue weighted by Crippen LogP contribution is 2.47. The number of hydrogen-bond acceptors (Lipinski definition) is 4. The lowest BCUT2D eigenvalue weighted by Crippen LogP contribution is -2.32. The van der Waals surface area contributed by atoms with Crippen LogP contribution in [0.5, 0.6) is 0 Å². The number of rotatable bonds is 7. The molecule has 0 spiro atoms. The molecule has 0 aliphatic heterocycles. The standard InChI is InChI=1S/C27H30N4O4/c1-4-28-26(35)30-23-14-18(15-31(3)25(23)34)20-6-5-7-22(21(20)16-32)29-24(33)17-8-10-19(11-9-17)27(2)12-13-27/h5-11,14-15,32H,4,12-13,16H2,1-3H3,(H,29,33)(H2,28,30,35). The topological polar surface area (TPSA) is 112 Å². The van der Waals surface area contributed by atoms with Gasteiger partial charge in [0.05, 0.1) is 6.61 Å². The van der Waals surface area contributed by atoms with E-state index in [1.165, 1.54) is 10.1 Å². The van der Waals surface area contributed by atoms with Crippen LogP contribution in [0.2, 0.25) is 0 Å². The number of hydrogen-bond donors (Lipinski definition) is 4. The second-order valence-corrected chi connectivity index (χ2v) is 9.12. The number of carbonyl (C=O) groups is 2. The minimum Gasteiger partial charge on any atom is -0.392 e. The molecule has 0 unspecified atom stereocenters. The van der Waals surface area contributed by atoms with Crippen LogP contribution in [0.4, 0.5) is 16.2 Å². The van der Waals surface area contributed by atoms with Gasteiger partial charge in [0.25, 0.3) is 11.5 Å². The maximum atomic E-state index is 12.9. The quantitative estimate of drug-likeness (QED) is 0.415. The number of anilines is 2. The van der Waals surface area contributed by atoms with Crippen LogP contribution in [0.1, 0.15) is 48.2 Å². The number of aliphatic hydroxyl groups is 1. The highest BCUT2D eigenvalue weighted by molar-refractivity contribution is 6.05. The zero-order valence-electron chi connectivity index (χ0n) is 20.1. The summed E-state index contributed by atoms with van der Waals surface area (Å²) in [6.45, 7) is 4.09. The molecular weight excluding hydrogens is 444 g/mol. The first-order chi connectivity index (χ1) is 16.8. The predicted molar refractivity (Wildman–Crippen MR) is 137 cm³/mol. The minimum absolute atomic E-state index is 0.110. The lowest BCUT2D eigenvalue weighted by molar-refractivity contribution is 0.102. The van der Waals surface area contributed by atoms with E-state index in [0.717, 1.165) is 12.8 Å². The number of carbonyl (C=O) groups excluding carboxylic acids is 2. The van der Waals surface area contributed by atoms with E-state index in [1.54, 1.807) is 44.4 Å². The third-order valence-corrected chi connectivity index (χ3v) is 6.51. The molecule has 182 valence electrons. The number of pyridine rings is 1. The Hall–Kier alpha value is -3.91. The normalized spacial score (nSPS) is 13.7. The molecule has 1 aliphatic carbocycles. The molecule has 8 heteroatoms. The smallest absolute Gasteiger partial charge is 0.319 e. The lowest BCUT2D eigenvalue weighted by Gasteiger charge is -2.16. The second-order valence-electron chi connectivity index (χ2n) is 9.12. The molecule has 0 atom stereocenters. The van der Waals surface area contributed by atoms with Gasteiger partial charge >= 0.3 is 6.03 Å². The molecule has 0 radical (unpaired) electrons. The summed E-state index contributed by atoms with van der Waals surface area (Å²) in [5, 5.41) is 18.3. The lowest BCUT2D eigenvalue weighted by atomic mass is 9.97. The van der Waals surface area contributed by atoms with Crippen LogP contribution in [0.25, 0.3) is 11.1 Å². The first-order valence-corrected chi connectivity index (χ1v) is 11.7. The SMILES string of the molecule is CCNC(=O)Nc1cc(-c2cccc(NC(=O)c3ccc(C4(C)CC4)cc3)c2CO)cn(C)c1=O. The largest absolute Gasteiger partial charge is 0.392 e. The average Bonchev–Trinajstić information content (AvgIpc) is 3.60. The predicted octanol–water partition coefficient (Wildman–Crippen LogP) is 3.99. The van der Waals surface area contributed by atoms with Gasteiger partial charge in [-0.3, -0.25) is 9.59 Å². The van der Waals surface area contributed by atoms with Crippen molar-refractivity contribution in [2.24, 2.45) is 7.05 Å². The van der Waals surface area contributed by atoms with E-state index in [1.807, 2.05) is 24.3 Å². The monoisotopic (exact) mass is 474 g/mol. The number of aryl methyl sites for hydroxylation is 1. The van der Waals surface area contributed by atoms with Crippen LogP contribution < -0.4 is 21.5 Å². The molecule has 3 amide bonds. The summed E-state index contributed by atoms with van der Waals surface area (Å²) in [6, 6.07) is 14.0. The van der Waals surface area contributed by atoms with Crippen molar-refractivity contribution in [2.75, 3.05) is 17.2 Å². The summed E-state index contributed by atoms with van der Waals surface area (Å²) in [5.41, 5.74) is 3.97. The molecule has 3 aromatic rings. The maximum Gasteiger partial charge on any atom is 0.319 e. The van der Waals surface area contributed by atoms with E-state index in [0.29, 0.717) is 34.5 Å². The van der Waals surface area contributed by atoms with E-state index >= 15 is 0 Å². The first-order valence-electron chi connectivity index (χ1n) is 11.7. The molecule has 0 bridgehead atoms. The van der Waals surface area contributed by atoms with Crippen molar-refractivity contribution in [2.45, 2.75) is 38.7 Å². The van der Waals surface area contributed by atoms with E-state index in [-0.39, 0.29) is 29.2 Å². The van der Waals surface area contributed by atoms with Gasteiger partial charge in [0, 0.05) is 42.2 Å². The molecular formula is C27H30N4O4. The Morgan fingerprint density at radius 2 is 1.77 bits per heavy atom. The fourth-order valence-corrected chi connectivity index (χ4v) is 4.12. The zero-order chi connectivity index (χ0) is 25.2. The second kappa shape index (κ2) is 9.76. The highest BCUT2D eigenvalue weighted by atomic mass is 16.3. The number of urea groups is 1. The van der Waals surface area contributed by atoms with Gasteiger partial charge in [0.15, 0.2) is 0 Å². The number of benzene rings is 2. The third-order valence-electron chi connectivity index (χ3n) is 6.51. The van der Waals surface area contributed by atoms with Crippen LogP contribution in [-0.4, -0.2) is 28.2 Å². The molecule has 4 rings (SSSR count). The van der Waals surface area contributed by atoms with Gasteiger partial charge in [-0.15, -0.1) is 0 Å². The Labute approximate surface area is 204 Å². The zero-order valence-corrected chi connectivity index (χ0v) is 20.1. The number of aromatic nitrogens is 1. The summed E-state index contributed by atoms with van der Waals surface area (Å²) < 4.78 is 1.37. The van der Waals surface area contributed by atoms with E-state index in [2.05, 4.69) is 22.9 Å². The number of nitrogens with one attached hydrogen (secondary N) is 3. The van der Waals surface area contributed by atoms with Crippen molar-refractivity contribution in [1.82, 2.24) is 9.88 Å². The molecule has 4 N–H and O–H groups in total. The van der Waals surface area contributed by atoms with Gasteiger partial charge in [-0.2, -0.15) is 0 Å². The fraction of sp³-hybridized carbons (Fsp3) is 0.296. The Morgan fingerprint density at radius 1 is 1.06 bits per heavy atom. The van der Waals surface area contributed by atoms with Crippen LogP contribution in [0.3, 0.4) is 0 Å². The summed E-state index contributed by atoms with van der Waals surface area (Å²) in [4.78, 5) is 37.4. The van der Waals surface area contributed by atoms with Crippen LogP contribution in [-0.2, 0) is 19.1 Å². The first kappa shape index (κ1) is 24.2. The molecule has 1 aliphatic rings. The molecule has 0 saturated heterocycles. The summed E-state index contributed by atoms with van der Waals surface area (Å²) >= 11 is 0. The molecule has 1 aromatic heterocycles. The summed E-state index contributed by atoms with van der Waals surface area (Å²) in [6.07, 6.45) is 3.95. The van der Waals surface area contributed by atoms with Crippen LogP contribution in [0.15, 0.2) is 59.5 Å². The Balaban J connectivity index is 1.63. The van der Waals surface area contributed by atoms with Gasteiger partial charge in [0.2, 0.25) is 0 Å². The minimum atomic E-state index is -0.480. The average molecular weight is 475 g/mol. The van der Waals surface area contributed by atoms with E-state index < -0.39 is 6.03 Å². The van der Waals surface area contributed by atoms with Gasteiger partial charge < -0.3 is 25.6 Å². The van der Waals surface area contributed by atoms with Crippen LogP contribution in [0, 0.1) is 0 Å². The van der Waals surface area contributed by atoms with Gasteiger partial charge in [-0.1, -0.05) is 31.2 Å². The van der Waals surface area contributed by atoms with Crippen LogP contribution >= 0.6 is 0 Å². The van der Waals surface area contributed by atoms with Gasteiger partial charge in [-0.25, -0.2) is 4.79 Å². The Morgan fingerprint density at radius 3 is 2.40 bits per heavy atom. The Kier molecular flexibility index (Phi) is 6.75. The highest BCUT2D eigenvalue weighted by Gasteiger charge is 2.38. The van der Waals surface area contributed by atoms with Crippen molar-refractivity contribution in [3.8, 4) is 11.1 Å². The van der Waals surface area contributed by atoms with Crippen molar-refractivity contribution < 1.29 is 14.7 Å². The number of aliphatic hydroxyl groups excluding tert-OH is 1. The van der Waals surface area contributed by atoms with Gasteiger partial charge in [-0.05, 0) is 60.6 Å². The maximum absolute atomic E-state index is 12.9.